The van der Waals surface area contributed by atoms with Crippen molar-refractivity contribution >= 4 is 49.0 Å². The van der Waals surface area contributed by atoms with E-state index >= 15 is 4.39 Å². The first-order valence-corrected chi connectivity index (χ1v) is 12.6. The number of amides is 1. The van der Waals surface area contributed by atoms with Gasteiger partial charge in [-0.3, -0.25) is 4.79 Å². The molecule has 182 valence electrons. The molecule has 0 unspecified atom stereocenters. The SMILES string of the molecule is CCC(=C(F)C(=O)Nc1ccc(-c2ccccc2S(N)(=O)=O)cc1Br)c1cccc(C(N)=NO)c1. The van der Waals surface area contributed by atoms with Gasteiger partial charge in [0.1, 0.15) is 0 Å². The van der Waals surface area contributed by atoms with E-state index in [-0.39, 0.29) is 28.4 Å². The fourth-order valence-corrected chi connectivity index (χ4v) is 4.70. The molecule has 0 spiro atoms. The molecule has 0 saturated carbocycles. The molecule has 0 aromatic heterocycles. The molecule has 0 atom stereocenters. The Hall–Kier alpha value is -3.54. The van der Waals surface area contributed by atoms with E-state index in [1.807, 2.05) is 0 Å². The second kappa shape index (κ2) is 10.8. The Bertz CT molecular complexity index is 1460. The Labute approximate surface area is 210 Å². The summed E-state index contributed by atoms with van der Waals surface area (Å²) in [4.78, 5) is 12.7. The Kier molecular flexibility index (Phi) is 8.05. The summed E-state index contributed by atoms with van der Waals surface area (Å²) < 4.78 is 39.4. The standard InChI is InChI=1S/C24H22BrFN4O4S/c1-2-17(14-6-5-7-16(12-14)23(27)30-32)22(26)24(31)29-20-11-10-15(13-19(20)25)18-8-3-4-9-21(18)35(28,33)34/h3-13,32H,2H2,1H3,(H2,27,30)(H,29,31)(H2,28,33,34). The summed E-state index contributed by atoms with van der Waals surface area (Å²) in [7, 11) is -3.95. The molecule has 0 aliphatic heterocycles. The maximum Gasteiger partial charge on any atom is 0.284 e. The molecule has 3 aromatic carbocycles. The third-order valence-electron chi connectivity index (χ3n) is 5.15. The average Bonchev–Trinajstić information content (AvgIpc) is 2.84. The van der Waals surface area contributed by atoms with Crippen LogP contribution in [0.3, 0.4) is 0 Å². The highest BCUT2D eigenvalue weighted by Crippen LogP contribution is 2.33. The molecule has 6 N–H and O–H groups in total. The van der Waals surface area contributed by atoms with Crippen LogP contribution in [0.1, 0.15) is 24.5 Å². The van der Waals surface area contributed by atoms with Crippen molar-refractivity contribution in [3.63, 3.8) is 0 Å². The van der Waals surface area contributed by atoms with Crippen LogP contribution >= 0.6 is 15.9 Å². The van der Waals surface area contributed by atoms with Gasteiger partial charge >= 0.3 is 0 Å². The van der Waals surface area contributed by atoms with Gasteiger partial charge in [0, 0.05) is 21.2 Å². The van der Waals surface area contributed by atoms with E-state index < -0.39 is 21.8 Å². The van der Waals surface area contributed by atoms with Crippen molar-refractivity contribution in [3.05, 3.63) is 88.2 Å². The van der Waals surface area contributed by atoms with Gasteiger partial charge in [0.15, 0.2) is 11.7 Å². The lowest BCUT2D eigenvalue weighted by atomic mass is 9.99. The van der Waals surface area contributed by atoms with Gasteiger partial charge in [-0.25, -0.2) is 17.9 Å². The van der Waals surface area contributed by atoms with E-state index in [2.05, 4.69) is 26.4 Å². The van der Waals surface area contributed by atoms with Crippen LogP contribution in [0.5, 0.6) is 0 Å². The fourth-order valence-electron chi connectivity index (χ4n) is 3.46. The second-order valence-corrected chi connectivity index (χ2v) is 9.79. The zero-order chi connectivity index (χ0) is 25.8. The predicted octanol–water partition coefficient (Wildman–Crippen LogP) is 4.59. The van der Waals surface area contributed by atoms with Gasteiger partial charge in [0.2, 0.25) is 10.0 Å². The molecule has 1 amide bonds. The number of halogens is 2. The first kappa shape index (κ1) is 26.1. The van der Waals surface area contributed by atoms with Crippen LogP contribution in [0.4, 0.5) is 10.1 Å². The predicted molar refractivity (Wildman–Crippen MR) is 137 cm³/mol. The number of carbonyl (C=O) groups excluding carboxylic acids is 1. The van der Waals surface area contributed by atoms with Crippen molar-refractivity contribution in [2.24, 2.45) is 16.0 Å². The Morgan fingerprint density at radius 3 is 2.40 bits per heavy atom. The molecule has 0 fully saturated rings. The van der Waals surface area contributed by atoms with Crippen LogP contribution in [0.15, 0.2) is 87.1 Å². The molecular formula is C24H22BrFN4O4S. The minimum absolute atomic E-state index is 0.0423. The summed E-state index contributed by atoms with van der Waals surface area (Å²) in [6.07, 6.45) is 0.212. The number of rotatable bonds is 7. The Morgan fingerprint density at radius 1 is 1.09 bits per heavy atom. The van der Waals surface area contributed by atoms with E-state index in [4.69, 9.17) is 16.1 Å². The Balaban J connectivity index is 1.92. The third kappa shape index (κ3) is 5.94. The lowest BCUT2D eigenvalue weighted by Crippen LogP contribution is -2.15. The van der Waals surface area contributed by atoms with Crippen LogP contribution in [0.2, 0.25) is 0 Å². The summed E-state index contributed by atoms with van der Waals surface area (Å²) in [5.41, 5.74) is 7.75. The molecular weight excluding hydrogens is 539 g/mol. The summed E-state index contributed by atoms with van der Waals surface area (Å²) in [6.45, 7) is 1.70. The topological polar surface area (TPSA) is 148 Å². The van der Waals surface area contributed by atoms with E-state index in [0.717, 1.165) is 0 Å². The maximum absolute atomic E-state index is 15.2. The molecule has 0 saturated heterocycles. The van der Waals surface area contributed by atoms with Gasteiger partial charge < -0.3 is 16.3 Å². The first-order chi connectivity index (χ1) is 16.6. The van der Waals surface area contributed by atoms with Gasteiger partial charge in [0.05, 0.1) is 10.6 Å². The number of carbonyl (C=O) groups is 1. The number of hydrogen-bond acceptors (Lipinski definition) is 5. The van der Waals surface area contributed by atoms with Gasteiger partial charge in [-0.2, -0.15) is 0 Å². The number of allylic oxidation sites excluding steroid dienone is 1. The average molecular weight is 561 g/mol. The largest absolute Gasteiger partial charge is 0.409 e. The van der Waals surface area contributed by atoms with E-state index in [1.54, 1.807) is 55.5 Å². The first-order valence-electron chi connectivity index (χ1n) is 10.3. The van der Waals surface area contributed by atoms with Crippen LogP contribution in [-0.2, 0) is 14.8 Å². The number of nitrogens with two attached hydrogens (primary N) is 2. The number of sulfonamides is 1. The van der Waals surface area contributed by atoms with Crippen LogP contribution in [-0.4, -0.2) is 25.4 Å². The number of benzene rings is 3. The number of amidine groups is 1. The molecule has 3 aromatic rings. The lowest BCUT2D eigenvalue weighted by molar-refractivity contribution is -0.114. The molecule has 0 aliphatic carbocycles. The normalized spacial score (nSPS) is 12.7. The quantitative estimate of drug-likeness (QED) is 0.110. The number of hydrogen-bond donors (Lipinski definition) is 4. The zero-order valence-corrected chi connectivity index (χ0v) is 20.9. The number of nitrogens with one attached hydrogen (secondary N) is 1. The fraction of sp³-hybridized carbons (Fsp3) is 0.0833. The van der Waals surface area contributed by atoms with Crippen molar-refractivity contribution in [2.45, 2.75) is 18.2 Å². The number of oxime groups is 1. The van der Waals surface area contributed by atoms with Gasteiger partial charge in [-0.15, -0.1) is 0 Å². The zero-order valence-electron chi connectivity index (χ0n) is 18.5. The van der Waals surface area contributed by atoms with Crippen LogP contribution < -0.4 is 16.2 Å². The van der Waals surface area contributed by atoms with E-state index in [9.17, 15) is 13.2 Å². The number of nitrogens with zero attached hydrogens (tertiary/aromatic N) is 1. The summed E-state index contributed by atoms with van der Waals surface area (Å²) in [6, 6.07) is 17.3. The number of primary sulfonamides is 1. The monoisotopic (exact) mass is 560 g/mol. The van der Waals surface area contributed by atoms with Gasteiger partial charge in [-0.05, 0) is 57.7 Å². The van der Waals surface area contributed by atoms with Crippen molar-refractivity contribution in [3.8, 4) is 11.1 Å². The molecule has 0 bridgehead atoms. The van der Waals surface area contributed by atoms with E-state index in [0.29, 0.717) is 26.7 Å². The molecule has 35 heavy (non-hydrogen) atoms. The molecule has 3 rings (SSSR count). The van der Waals surface area contributed by atoms with Crippen molar-refractivity contribution in [1.29, 1.82) is 0 Å². The molecule has 0 heterocycles. The maximum atomic E-state index is 15.2. The minimum Gasteiger partial charge on any atom is -0.409 e. The Morgan fingerprint density at radius 2 is 1.77 bits per heavy atom. The summed E-state index contributed by atoms with van der Waals surface area (Å²) in [5, 5.41) is 19.7. The molecule has 11 heteroatoms. The summed E-state index contributed by atoms with van der Waals surface area (Å²) in [5.74, 6) is -2.09. The van der Waals surface area contributed by atoms with Gasteiger partial charge in [-0.1, -0.05) is 54.5 Å². The molecule has 8 nitrogen and oxygen atoms in total. The smallest absolute Gasteiger partial charge is 0.284 e. The minimum atomic E-state index is -3.95. The van der Waals surface area contributed by atoms with Crippen LogP contribution in [0, 0.1) is 0 Å². The summed E-state index contributed by atoms with van der Waals surface area (Å²) >= 11 is 3.34. The lowest BCUT2D eigenvalue weighted by Gasteiger charge is -2.13. The van der Waals surface area contributed by atoms with E-state index in [1.165, 1.54) is 18.2 Å². The van der Waals surface area contributed by atoms with Crippen LogP contribution in [0.25, 0.3) is 16.7 Å². The number of anilines is 1. The second-order valence-electron chi connectivity index (χ2n) is 7.40. The molecule has 0 radical (unpaired) electrons. The van der Waals surface area contributed by atoms with Crippen molar-refractivity contribution in [1.82, 2.24) is 0 Å². The highest BCUT2D eigenvalue weighted by atomic mass is 79.9. The highest BCUT2D eigenvalue weighted by molar-refractivity contribution is 9.10. The third-order valence-corrected chi connectivity index (χ3v) is 6.78. The van der Waals surface area contributed by atoms with Crippen molar-refractivity contribution in [2.75, 3.05) is 5.32 Å². The highest BCUT2D eigenvalue weighted by Gasteiger charge is 2.19. The molecule has 0 aliphatic rings. The van der Waals surface area contributed by atoms with Crippen molar-refractivity contribution < 1.29 is 22.8 Å². The van der Waals surface area contributed by atoms with Gasteiger partial charge in [0.25, 0.3) is 5.91 Å².